The fraction of sp³-hybridized carbons (Fsp3) is 0.350. The lowest BCUT2D eigenvalue weighted by atomic mass is 9.83. The Hall–Kier alpha value is -2.59. The number of thiophene rings is 1. The summed E-state index contributed by atoms with van der Waals surface area (Å²) < 4.78 is 44.0. The maximum atomic E-state index is 13.9. The second-order valence-corrected chi connectivity index (χ2v) is 11.1. The van der Waals surface area contributed by atoms with E-state index in [4.69, 9.17) is 4.52 Å². The zero-order valence-electron chi connectivity index (χ0n) is 15.8. The van der Waals surface area contributed by atoms with E-state index in [0.717, 1.165) is 0 Å². The van der Waals surface area contributed by atoms with Gasteiger partial charge in [0, 0.05) is 19.5 Å². The fourth-order valence-electron chi connectivity index (χ4n) is 4.31. The predicted molar refractivity (Wildman–Crippen MR) is 108 cm³/mol. The molecule has 156 valence electrons. The quantitative estimate of drug-likeness (QED) is 0.611. The maximum Gasteiger partial charge on any atom is 0.264 e. The average molecular weight is 448 g/mol. The van der Waals surface area contributed by atoms with E-state index in [1.807, 2.05) is 5.38 Å². The first-order valence-electron chi connectivity index (χ1n) is 9.51. The molecule has 0 radical (unpaired) electrons. The Kier molecular flexibility index (Phi) is 4.51. The van der Waals surface area contributed by atoms with Crippen LogP contribution >= 0.6 is 11.3 Å². The highest BCUT2D eigenvalue weighted by Crippen LogP contribution is 2.49. The van der Waals surface area contributed by atoms with Gasteiger partial charge in [0.2, 0.25) is 5.89 Å². The van der Waals surface area contributed by atoms with Gasteiger partial charge in [-0.05, 0) is 29.5 Å². The van der Waals surface area contributed by atoms with Gasteiger partial charge in [-0.1, -0.05) is 29.4 Å². The number of sulfone groups is 1. The van der Waals surface area contributed by atoms with Gasteiger partial charge in [-0.2, -0.15) is 4.98 Å². The zero-order chi connectivity index (χ0) is 20.9. The highest BCUT2D eigenvalue weighted by molar-refractivity contribution is 7.93. The molecule has 1 atom stereocenters. The Morgan fingerprint density at radius 2 is 2.07 bits per heavy atom. The molecule has 0 aliphatic carbocycles. The third-order valence-corrected chi connectivity index (χ3v) is 9.37. The standard InChI is InChI=1S/C20H18FN3O4S2/c21-15-5-2-1-4-13(15)10-17-22-18(28-23-17)14-7-9-30(26,27)20(14)11-24(12-20)19(25)16-6-3-8-29-16/h1-6,8,14H,7,9-12H2. The molecular formula is C20H18FN3O4S2. The van der Waals surface area contributed by atoms with Crippen molar-refractivity contribution in [2.45, 2.75) is 23.5 Å². The Labute approximate surface area is 176 Å². The molecule has 30 heavy (non-hydrogen) atoms. The third-order valence-electron chi connectivity index (χ3n) is 5.95. The van der Waals surface area contributed by atoms with E-state index in [9.17, 15) is 17.6 Å². The summed E-state index contributed by atoms with van der Waals surface area (Å²) >= 11 is 1.33. The molecule has 4 heterocycles. The summed E-state index contributed by atoms with van der Waals surface area (Å²) in [5.74, 6) is -0.431. The normalized spacial score (nSPS) is 21.6. The molecule has 2 aliphatic rings. The highest BCUT2D eigenvalue weighted by atomic mass is 32.2. The van der Waals surface area contributed by atoms with Crippen molar-refractivity contribution in [3.63, 3.8) is 0 Å². The third kappa shape index (κ3) is 2.97. The Bertz CT molecular complexity index is 1200. The van der Waals surface area contributed by atoms with Crippen LogP contribution in [0.2, 0.25) is 0 Å². The number of hydrogen-bond acceptors (Lipinski definition) is 7. The van der Waals surface area contributed by atoms with Crippen molar-refractivity contribution in [1.82, 2.24) is 15.0 Å². The van der Waals surface area contributed by atoms with E-state index in [0.29, 0.717) is 22.7 Å². The zero-order valence-corrected chi connectivity index (χ0v) is 17.5. The Morgan fingerprint density at radius 1 is 1.27 bits per heavy atom. The van der Waals surface area contributed by atoms with Crippen molar-refractivity contribution in [3.05, 3.63) is 69.8 Å². The first kappa shape index (κ1) is 19.4. The maximum absolute atomic E-state index is 13.9. The van der Waals surface area contributed by atoms with E-state index in [2.05, 4.69) is 10.1 Å². The number of carbonyl (C=O) groups is 1. The number of amides is 1. The lowest BCUT2D eigenvalue weighted by Gasteiger charge is -2.48. The van der Waals surface area contributed by atoms with Crippen LogP contribution in [0.5, 0.6) is 0 Å². The van der Waals surface area contributed by atoms with Crippen LogP contribution in [0.25, 0.3) is 0 Å². The lowest BCUT2D eigenvalue weighted by molar-refractivity contribution is 0.0509. The second-order valence-electron chi connectivity index (χ2n) is 7.68. The number of nitrogens with zero attached hydrogens (tertiary/aromatic N) is 3. The molecule has 1 spiro atoms. The van der Waals surface area contributed by atoms with E-state index in [-0.39, 0.29) is 42.9 Å². The minimum Gasteiger partial charge on any atom is -0.339 e. The molecule has 10 heteroatoms. The minimum atomic E-state index is -3.42. The molecule has 1 unspecified atom stereocenters. The molecule has 0 N–H and O–H groups in total. The molecule has 2 fully saturated rings. The number of halogens is 1. The van der Waals surface area contributed by atoms with Crippen LogP contribution in [-0.4, -0.2) is 53.0 Å². The summed E-state index contributed by atoms with van der Waals surface area (Å²) in [6.07, 6.45) is 0.524. The van der Waals surface area contributed by atoms with Gasteiger partial charge >= 0.3 is 0 Å². The van der Waals surface area contributed by atoms with Crippen LogP contribution in [-0.2, 0) is 16.3 Å². The lowest BCUT2D eigenvalue weighted by Crippen LogP contribution is -2.67. The minimum absolute atomic E-state index is 0.0176. The van der Waals surface area contributed by atoms with Crippen molar-refractivity contribution < 1.29 is 22.1 Å². The van der Waals surface area contributed by atoms with Gasteiger partial charge in [-0.15, -0.1) is 11.3 Å². The molecule has 3 aromatic rings. The topological polar surface area (TPSA) is 93.4 Å². The van der Waals surface area contributed by atoms with Gasteiger partial charge in [0.15, 0.2) is 15.7 Å². The average Bonchev–Trinajstić information content (AvgIpc) is 3.41. The molecular weight excluding hydrogens is 429 g/mol. The molecule has 2 aromatic heterocycles. The second kappa shape index (κ2) is 6.98. The van der Waals surface area contributed by atoms with Crippen LogP contribution < -0.4 is 0 Å². The van der Waals surface area contributed by atoms with Crippen molar-refractivity contribution in [2.75, 3.05) is 18.8 Å². The van der Waals surface area contributed by atoms with Crippen molar-refractivity contribution in [3.8, 4) is 0 Å². The van der Waals surface area contributed by atoms with Gasteiger partial charge in [-0.25, -0.2) is 12.8 Å². The van der Waals surface area contributed by atoms with Gasteiger partial charge in [0.1, 0.15) is 10.6 Å². The van der Waals surface area contributed by atoms with Crippen molar-refractivity contribution in [1.29, 1.82) is 0 Å². The fourth-order valence-corrected chi connectivity index (χ4v) is 7.31. The van der Waals surface area contributed by atoms with Crippen LogP contribution in [0.1, 0.15) is 39.3 Å². The number of carbonyl (C=O) groups excluding carboxylic acids is 1. The van der Waals surface area contributed by atoms with Crippen LogP contribution in [0.4, 0.5) is 4.39 Å². The summed E-state index contributed by atoms with van der Waals surface area (Å²) in [5, 5.41) is 5.75. The van der Waals surface area contributed by atoms with Gasteiger partial charge in [-0.3, -0.25) is 4.79 Å². The van der Waals surface area contributed by atoms with Gasteiger partial charge in [0.05, 0.1) is 16.5 Å². The molecule has 2 saturated heterocycles. The van der Waals surface area contributed by atoms with E-state index in [1.54, 1.807) is 35.2 Å². The first-order valence-corrected chi connectivity index (χ1v) is 12.0. The monoisotopic (exact) mass is 447 g/mol. The number of aromatic nitrogens is 2. The number of benzene rings is 1. The SMILES string of the molecule is O=C(c1cccs1)N1CC2(C1)C(c1nc(Cc3ccccc3F)no1)CCS2(=O)=O. The summed E-state index contributed by atoms with van der Waals surface area (Å²) in [4.78, 5) is 19.1. The molecule has 7 nitrogen and oxygen atoms in total. The van der Waals surface area contributed by atoms with Crippen molar-refractivity contribution >= 4 is 27.1 Å². The number of rotatable bonds is 4. The van der Waals surface area contributed by atoms with Gasteiger partial charge < -0.3 is 9.42 Å². The molecule has 2 aliphatic heterocycles. The van der Waals surface area contributed by atoms with E-state index >= 15 is 0 Å². The molecule has 5 rings (SSSR count). The summed E-state index contributed by atoms with van der Waals surface area (Å²) in [5.41, 5.74) is 0.440. The summed E-state index contributed by atoms with van der Waals surface area (Å²) in [6.45, 7) is 0.226. The summed E-state index contributed by atoms with van der Waals surface area (Å²) in [7, 11) is -3.42. The Morgan fingerprint density at radius 3 is 2.80 bits per heavy atom. The molecule has 0 bridgehead atoms. The first-order chi connectivity index (χ1) is 14.4. The van der Waals surface area contributed by atoms with Crippen LogP contribution in [0, 0.1) is 5.82 Å². The van der Waals surface area contributed by atoms with Crippen LogP contribution in [0.3, 0.4) is 0 Å². The van der Waals surface area contributed by atoms with E-state index < -0.39 is 20.5 Å². The smallest absolute Gasteiger partial charge is 0.264 e. The van der Waals surface area contributed by atoms with E-state index in [1.165, 1.54) is 17.4 Å². The highest BCUT2D eigenvalue weighted by Gasteiger charge is 2.64. The molecule has 1 aromatic carbocycles. The molecule has 1 amide bonds. The molecule has 0 saturated carbocycles. The van der Waals surface area contributed by atoms with Gasteiger partial charge in [0.25, 0.3) is 5.91 Å². The number of likely N-dealkylation sites (tertiary alicyclic amines) is 1. The summed E-state index contributed by atoms with van der Waals surface area (Å²) in [6, 6.07) is 9.86. The predicted octanol–water partition coefficient (Wildman–Crippen LogP) is 2.66. The largest absolute Gasteiger partial charge is 0.339 e. The number of hydrogen-bond donors (Lipinski definition) is 0. The van der Waals surface area contributed by atoms with Crippen molar-refractivity contribution in [2.24, 2.45) is 0 Å². The Balaban J connectivity index is 1.38. The van der Waals surface area contributed by atoms with Crippen LogP contribution in [0.15, 0.2) is 46.3 Å².